The second kappa shape index (κ2) is 6.74. The van der Waals surface area contributed by atoms with Crippen LogP contribution in [0, 0.1) is 5.92 Å². The van der Waals surface area contributed by atoms with Gasteiger partial charge in [0.2, 0.25) is 0 Å². The molecule has 0 saturated carbocycles. The van der Waals surface area contributed by atoms with Crippen molar-refractivity contribution in [3.05, 3.63) is 22.4 Å². The molecule has 1 aromatic heterocycles. The van der Waals surface area contributed by atoms with Crippen LogP contribution in [-0.2, 0) is 4.79 Å². The molecule has 0 radical (unpaired) electrons. The third kappa shape index (κ3) is 3.50. The summed E-state index contributed by atoms with van der Waals surface area (Å²) in [6, 6.07) is 3.83. The predicted molar refractivity (Wildman–Crippen MR) is 77.8 cm³/mol. The van der Waals surface area contributed by atoms with E-state index in [9.17, 15) is 9.59 Å². The fourth-order valence-electron chi connectivity index (χ4n) is 2.47. The minimum absolute atomic E-state index is 0.00713. The molecule has 1 aliphatic rings. The van der Waals surface area contributed by atoms with E-state index in [-0.39, 0.29) is 12.1 Å². The van der Waals surface area contributed by atoms with Gasteiger partial charge in [-0.25, -0.2) is 4.79 Å². The van der Waals surface area contributed by atoms with Gasteiger partial charge in [0.1, 0.15) is 0 Å². The monoisotopic (exact) mass is 296 g/mol. The number of rotatable bonds is 4. The van der Waals surface area contributed by atoms with E-state index < -0.39 is 11.9 Å². The largest absolute Gasteiger partial charge is 0.481 e. The highest BCUT2D eigenvalue weighted by molar-refractivity contribution is 7.10. The van der Waals surface area contributed by atoms with E-state index in [0.717, 1.165) is 17.7 Å². The zero-order valence-electron chi connectivity index (χ0n) is 11.5. The van der Waals surface area contributed by atoms with Gasteiger partial charge in [0.25, 0.3) is 0 Å². The van der Waals surface area contributed by atoms with Crippen molar-refractivity contribution in [1.82, 2.24) is 10.2 Å². The smallest absolute Gasteiger partial charge is 0.317 e. The van der Waals surface area contributed by atoms with Crippen LogP contribution < -0.4 is 5.32 Å². The van der Waals surface area contributed by atoms with Gasteiger partial charge < -0.3 is 15.3 Å². The second-order valence-corrected chi connectivity index (χ2v) is 6.03. The lowest BCUT2D eigenvalue weighted by Crippen LogP contribution is -2.47. The molecular formula is C14H20N2O3S. The molecule has 0 spiro atoms. The quantitative estimate of drug-likeness (QED) is 0.897. The maximum absolute atomic E-state index is 12.3. The normalized spacial score (nSPS) is 20.4. The minimum atomic E-state index is -0.812. The summed E-state index contributed by atoms with van der Waals surface area (Å²) in [5.41, 5.74) is 0. The van der Waals surface area contributed by atoms with Gasteiger partial charge in [0.15, 0.2) is 0 Å². The Kier molecular flexibility index (Phi) is 5.00. The highest BCUT2D eigenvalue weighted by Gasteiger charge is 2.29. The van der Waals surface area contributed by atoms with Crippen LogP contribution in [0.4, 0.5) is 4.79 Å². The van der Waals surface area contributed by atoms with Crippen molar-refractivity contribution < 1.29 is 14.7 Å². The van der Waals surface area contributed by atoms with Crippen molar-refractivity contribution in [2.45, 2.75) is 32.2 Å². The number of carboxylic acid groups (broad SMARTS) is 1. The van der Waals surface area contributed by atoms with Crippen LogP contribution in [0.15, 0.2) is 17.5 Å². The summed E-state index contributed by atoms with van der Waals surface area (Å²) in [6.45, 7) is 2.97. The number of piperidine rings is 1. The number of carbonyl (C=O) groups is 2. The number of hydrogen-bond acceptors (Lipinski definition) is 3. The predicted octanol–water partition coefficient (Wildman–Crippen LogP) is 2.71. The number of nitrogens with zero attached hydrogens (tertiary/aromatic N) is 1. The molecule has 110 valence electrons. The van der Waals surface area contributed by atoms with Gasteiger partial charge >= 0.3 is 12.0 Å². The molecule has 1 fully saturated rings. The average Bonchev–Trinajstić information content (AvgIpc) is 2.98. The van der Waals surface area contributed by atoms with Crippen molar-refractivity contribution in [3.8, 4) is 0 Å². The van der Waals surface area contributed by atoms with Crippen LogP contribution >= 0.6 is 11.3 Å². The molecule has 0 aromatic carbocycles. The van der Waals surface area contributed by atoms with Crippen LogP contribution in [0.3, 0.4) is 0 Å². The minimum Gasteiger partial charge on any atom is -0.481 e. The summed E-state index contributed by atoms with van der Waals surface area (Å²) in [6.07, 6.45) is 2.23. The van der Waals surface area contributed by atoms with Crippen LogP contribution in [0.25, 0.3) is 0 Å². The number of carbonyl (C=O) groups excluding carboxylic acids is 1. The number of amides is 2. The summed E-state index contributed by atoms with van der Waals surface area (Å²) in [5, 5.41) is 14.1. The first kappa shape index (κ1) is 14.8. The topological polar surface area (TPSA) is 69.6 Å². The molecule has 2 atom stereocenters. The fraction of sp³-hybridized carbons (Fsp3) is 0.571. The Hall–Kier alpha value is -1.56. The molecule has 1 aromatic rings. The van der Waals surface area contributed by atoms with Gasteiger partial charge in [-0.1, -0.05) is 13.0 Å². The maximum atomic E-state index is 12.3. The lowest BCUT2D eigenvalue weighted by Gasteiger charge is -2.32. The third-order valence-corrected chi connectivity index (χ3v) is 4.64. The summed E-state index contributed by atoms with van der Waals surface area (Å²) in [7, 11) is 0. The highest BCUT2D eigenvalue weighted by Crippen LogP contribution is 2.23. The molecule has 0 aliphatic carbocycles. The number of likely N-dealkylation sites (tertiary alicyclic amines) is 1. The van der Waals surface area contributed by atoms with E-state index in [2.05, 4.69) is 5.32 Å². The number of urea groups is 1. The molecule has 2 N–H and O–H groups in total. The van der Waals surface area contributed by atoms with E-state index in [0.29, 0.717) is 19.5 Å². The summed E-state index contributed by atoms with van der Waals surface area (Å²) in [5.74, 6) is -1.25. The molecule has 2 rings (SSSR count). The first-order chi connectivity index (χ1) is 9.61. The summed E-state index contributed by atoms with van der Waals surface area (Å²) >= 11 is 1.62. The Morgan fingerprint density at radius 1 is 1.60 bits per heavy atom. The lowest BCUT2D eigenvalue weighted by molar-refractivity contribution is -0.143. The molecule has 0 bridgehead atoms. The van der Waals surface area contributed by atoms with Gasteiger partial charge in [-0.05, 0) is 30.7 Å². The van der Waals surface area contributed by atoms with Gasteiger partial charge in [-0.3, -0.25) is 4.79 Å². The van der Waals surface area contributed by atoms with Crippen LogP contribution in [-0.4, -0.2) is 35.1 Å². The van der Waals surface area contributed by atoms with Crippen molar-refractivity contribution in [3.63, 3.8) is 0 Å². The zero-order valence-corrected chi connectivity index (χ0v) is 12.4. The second-order valence-electron chi connectivity index (χ2n) is 5.05. The molecule has 6 heteroatoms. The molecule has 2 heterocycles. The molecular weight excluding hydrogens is 276 g/mol. The number of aliphatic carboxylic acids is 1. The van der Waals surface area contributed by atoms with Gasteiger partial charge in [-0.15, -0.1) is 11.3 Å². The summed E-state index contributed by atoms with van der Waals surface area (Å²) < 4.78 is 0. The van der Waals surface area contributed by atoms with E-state index in [1.165, 1.54) is 0 Å². The van der Waals surface area contributed by atoms with E-state index in [1.54, 1.807) is 16.2 Å². The molecule has 5 nitrogen and oxygen atoms in total. The molecule has 1 saturated heterocycles. The van der Waals surface area contributed by atoms with Gasteiger partial charge in [0.05, 0.1) is 12.0 Å². The standard InChI is InChI=1S/C14H20N2O3S/c1-2-11(12-6-4-8-20-12)15-14(19)16-7-3-5-10(9-16)13(17)18/h4,6,8,10-11H,2-3,5,7,9H2,1H3,(H,15,19)(H,17,18)/t10-,11?/m1/s1. The van der Waals surface area contributed by atoms with Crippen LogP contribution in [0.5, 0.6) is 0 Å². The molecule has 1 aliphatic heterocycles. The summed E-state index contributed by atoms with van der Waals surface area (Å²) in [4.78, 5) is 26.0. The van der Waals surface area contributed by atoms with Crippen molar-refractivity contribution in [1.29, 1.82) is 0 Å². The zero-order chi connectivity index (χ0) is 14.5. The lowest BCUT2D eigenvalue weighted by atomic mass is 9.99. The Morgan fingerprint density at radius 3 is 3.00 bits per heavy atom. The van der Waals surface area contributed by atoms with Gasteiger partial charge in [-0.2, -0.15) is 0 Å². The molecule has 1 unspecified atom stereocenters. The van der Waals surface area contributed by atoms with E-state index >= 15 is 0 Å². The Morgan fingerprint density at radius 2 is 2.40 bits per heavy atom. The maximum Gasteiger partial charge on any atom is 0.317 e. The fourth-order valence-corrected chi connectivity index (χ4v) is 3.33. The van der Waals surface area contributed by atoms with Crippen LogP contribution in [0.2, 0.25) is 0 Å². The Bertz CT molecular complexity index is 461. The number of hydrogen-bond donors (Lipinski definition) is 2. The number of thiophene rings is 1. The van der Waals surface area contributed by atoms with E-state index in [4.69, 9.17) is 5.11 Å². The average molecular weight is 296 g/mol. The Labute approximate surface area is 122 Å². The van der Waals surface area contributed by atoms with Crippen LogP contribution in [0.1, 0.15) is 37.1 Å². The highest BCUT2D eigenvalue weighted by atomic mass is 32.1. The number of carboxylic acids is 1. The van der Waals surface area contributed by atoms with Crippen molar-refractivity contribution >= 4 is 23.3 Å². The van der Waals surface area contributed by atoms with Crippen molar-refractivity contribution in [2.75, 3.05) is 13.1 Å². The van der Waals surface area contributed by atoms with Gasteiger partial charge in [0, 0.05) is 18.0 Å². The van der Waals surface area contributed by atoms with Crippen molar-refractivity contribution in [2.24, 2.45) is 5.92 Å². The first-order valence-corrected chi connectivity index (χ1v) is 7.81. The molecule has 2 amide bonds. The first-order valence-electron chi connectivity index (χ1n) is 6.93. The molecule has 20 heavy (non-hydrogen) atoms. The SMILES string of the molecule is CCC(NC(=O)N1CCC[C@@H](C(=O)O)C1)c1cccs1. The third-order valence-electron chi connectivity index (χ3n) is 3.65. The Balaban J connectivity index is 1.95. The van der Waals surface area contributed by atoms with E-state index in [1.807, 2.05) is 24.4 Å². The number of nitrogens with one attached hydrogen (secondary N) is 1.